The third kappa shape index (κ3) is 2.48. The van der Waals surface area contributed by atoms with Gasteiger partial charge in [-0.25, -0.2) is 0 Å². The second kappa shape index (κ2) is 6.52. The van der Waals surface area contributed by atoms with Crippen molar-refractivity contribution in [2.24, 2.45) is 28.6 Å². The lowest BCUT2D eigenvalue weighted by Crippen LogP contribution is -2.59. The highest BCUT2D eigenvalue weighted by atomic mass is 35.5. The molecule has 1 spiro atoms. The largest absolute Gasteiger partial charge is 0.458 e. The maximum absolute atomic E-state index is 13.0. The number of epoxide rings is 1. The molecule has 3 saturated carbocycles. The van der Waals surface area contributed by atoms with Gasteiger partial charge in [0.25, 0.3) is 0 Å². The summed E-state index contributed by atoms with van der Waals surface area (Å²) in [5, 5.41) is -0.202. The quantitative estimate of drug-likeness (QED) is 0.384. The Morgan fingerprint density at radius 2 is 2.03 bits per heavy atom. The Bertz CT molecular complexity index is 892. The van der Waals surface area contributed by atoms with Gasteiger partial charge in [0.2, 0.25) is 0 Å². The summed E-state index contributed by atoms with van der Waals surface area (Å²) in [5.74, 6) is 0.158. The number of alkyl halides is 1. The lowest BCUT2D eigenvalue weighted by Gasteiger charge is -2.55. The normalized spacial score (nSPS) is 48.1. The van der Waals surface area contributed by atoms with E-state index in [0.717, 1.165) is 31.3 Å². The molecule has 1 aliphatic heterocycles. The van der Waals surface area contributed by atoms with Crippen molar-refractivity contribution in [3.8, 4) is 0 Å². The van der Waals surface area contributed by atoms with Gasteiger partial charge in [-0.05, 0) is 67.6 Å². The maximum Gasteiger partial charge on any atom is 0.305 e. The summed E-state index contributed by atoms with van der Waals surface area (Å²) in [7, 11) is 0. The van der Waals surface area contributed by atoms with Crippen LogP contribution in [0.25, 0.3) is 0 Å². The van der Waals surface area contributed by atoms with E-state index in [-0.39, 0.29) is 70.3 Å². The number of hydrogen-bond acceptors (Lipinski definition) is 5. The smallest absolute Gasteiger partial charge is 0.305 e. The molecule has 5 rings (SSSR count). The van der Waals surface area contributed by atoms with Crippen molar-refractivity contribution in [3.05, 3.63) is 23.8 Å². The average Bonchev–Trinajstić information content (AvgIpc) is 3.33. The summed E-state index contributed by atoms with van der Waals surface area (Å²) in [6, 6.07) is 0. The van der Waals surface area contributed by atoms with Crippen LogP contribution in [0.15, 0.2) is 23.8 Å². The van der Waals surface area contributed by atoms with Gasteiger partial charge in [-0.1, -0.05) is 19.9 Å². The zero-order chi connectivity index (χ0) is 21.5. The number of carbonyl (C=O) groups is 3. The average molecular weight is 433 g/mol. The molecule has 0 radical (unpaired) electrons. The third-order valence-electron chi connectivity index (χ3n) is 8.97. The minimum Gasteiger partial charge on any atom is -0.458 e. The van der Waals surface area contributed by atoms with E-state index in [9.17, 15) is 14.4 Å². The highest BCUT2D eigenvalue weighted by Gasteiger charge is 2.79. The van der Waals surface area contributed by atoms with Gasteiger partial charge in [-0.2, -0.15) is 0 Å². The van der Waals surface area contributed by atoms with Crippen LogP contribution in [0, 0.1) is 28.6 Å². The second-order valence-corrected chi connectivity index (χ2v) is 10.7. The summed E-state index contributed by atoms with van der Waals surface area (Å²) in [6.07, 6.45) is 9.08. The summed E-state index contributed by atoms with van der Waals surface area (Å²) < 4.78 is 11.7. The van der Waals surface area contributed by atoms with Gasteiger partial charge in [0.05, 0.1) is 11.5 Å². The van der Waals surface area contributed by atoms with Crippen molar-refractivity contribution >= 4 is 29.1 Å². The highest BCUT2D eigenvalue weighted by molar-refractivity contribution is 6.23. The summed E-state index contributed by atoms with van der Waals surface area (Å²) >= 11 is 6.85. The van der Waals surface area contributed by atoms with Crippen LogP contribution in [0.3, 0.4) is 0 Å². The van der Waals surface area contributed by atoms with Crippen molar-refractivity contribution in [2.75, 3.05) is 6.61 Å². The molecule has 162 valence electrons. The van der Waals surface area contributed by atoms with E-state index >= 15 is 0 Å². The topological polar surface area (TPSA) is 73.0 Å². The number of ketones is 2. The van der Waals surface area contributed by atoms with Gasteiger partial charge in [0, 0.05) is 17.8 Å². The fraction of sp³-hybridized carbons (Fsp3) is 0.708. The zero-order valence-corrected chi connectivity index (χ0v) is 18.5. The molecule has 0 unspecified atom stereocenters. The molecule has 5 aliphatic rings. The number of carbonyl (C=O) groups excluding carboxylic acids is 3. The van der Waals surface area contributed by atoms with Crippen LogP contribution < -0.4 is 0 Å². The van der Waals surface area contributed by atoms with Gasteiger partial charge in [0.1, 0.15) is 12.2 Å². The van der Waals surface area contributed by atoms with Crippen LogP contribution in [0.1, 0.15) is 52.9 Å². The van der Waals surface area contributed by atoms with Crippen LogP contribution in [-0.4, -0.2) is 41.2 Å². The van der Waals surface area contributed by atoms with Crippen molar-refractivity contribution in [2.45, 2.75) is 70.0 Å². The first-order valence-electron chi connectivity index (χ1n) is 11.1. The first-order chi connectivity index (χ1) is 14.2. The van der Waals surface area contributed by atoms with E-state index in [1.807, 2.05) is 6.08 Å². The fourth-order valence-corrected chi connectivity index (χ4v) is 8.00. The number of Topliss-reactive ketones (excluding diaryl/α,β-unsaturated/α-hetero) is 1. The first-order valence-corrected chi connectivity index (χ1v) is 11.6. The summed E-state index contributed by atoms with van der Waals surface area (Å²) in [5.41, 5.74) is 0.114. The molecule has 30 heavy (non-hydrogen) atoms. The van der Waals surface area contributed by atoms with Crippen molar-refractivity contribution in [1.82, 2.24) is 0 Å². The molecule has 0 aromatic rings. The number of esters is 1. The van der Waals surface area contributed by atoms with Gasteiger partial charge in [0.15, 0.2) is 11.6 Å². The van der Waals surface area contributed by atoms with Crippen LogP contribution >= 0.6 is 11.6 Å². The Labute approximate surface area is 182 Å². The van der Waals surface area contributed by atoms with Gasteiger partial charge >= 0.3 is 5.97 Å². The van der Waals surface area contributed by atoms with E-state index < -0.39 is 0 Å². The molecule has 5 nitrogen and oxygen atoms in total. The Morgan fingerprint density at radius 3 is 2.77 bits per heavy atom. The van der Waals surface area contributed by atoms with Gasteiger partial charge in [-0.3, -0.25) is 14.4 Å². The molecule has 0 N–H and O–H groups in total. The predicted octanol–water partition coefficient (Wildman–Crippen LogP) is 3.78. The maximum atomic E-state index is 13.0. The number of hydrogen-bond donors (Lipinski definition) is 0. The van der Waals surface area contributed by atoms with Gasteiger partial charge in [-0.15, -0.1) is 11.6 Å². The van der Waals surface area contributed by atoms with E-state index in [4.69, 9.17) is 21.1 Å². The number of ether oxygens (including phenoxy) is 2. The summed E-state index contributed by atoms with van der Waals surface area (Å²) in [4.78, 5) is 36.5. The fourth-order valence-electron chi connectivity index (χ4n) is 7.52. The van der Waals surface area contributed by atoms with Crippen molar-refractivity contribution in [1.29, 1.82) is 0 Å². The predicted molar refractivity (Wildman–Crippen MR) is 111 cm³/mol. The molecule has 1 heterocycles. The number of allylic oxidation sites excluding steroid dienone is 2. The molecule has 0 bridgehead atoms. The molecular weight excluding hydrogens is 404 g/mol. The molecular formula is C24H29ClO5. The van der Waals surface area contributed by atoms with E-state index in [2.05, 4.69) is 13.8 Å². The van der Waals surface area contributed by atoms with Crippen molar-refractivity contribution in [3.63, 3.8) is 0 Å². The standard InChI is InChI=1S/C24H29ClO5/c1-4-21(28)29-12-19(27)15-6-5-14-16-10-18(25)17-9-13(26)7-8-23(17,3)24(16)20(30-24)11-22(14,15)2/h7-9,14-16,18,20H,4-6,10-12H2,1-3H3/t14-,15+,16-,18-,20-,22-,23-,24+/m0/s1. The number of halogens is 1. The minimum atomic E-state index is -0.374. The van der Waals surface area contributed by atoms with E-state index in [0.29, 0.717) is 5.92 Å². The van der Waals surface area contributed by atoms with Crippen LogP contribution in [0.2, 0.25) is 0 Å². The molecule has 0 aromatic heterocycles. The Morgan fingerprint density at radius 1 is 1.27 bits per heavy atom. The molecule has 0 aromatic carbocycles. The number of fused-ring (bicyclic) bond motifs is 3. The highest BCUT2D eigenvalue weighted by Crippen LogP contribution is 2.75. The molecule has 6 heteroatoms. The Hall–Kier alpha value is -1.46. The van der Waals surface area contributed by atoms with Crippen molar-refractivity contribution < 1.29 is 23.9 Å². The molecule has 0 amide bonds. The second-order valence-electron chi connectivity index (χ2n) is 10.2. The number of rotatable bonds is 4. The van der Waals surface area contributed by atoms with E-state index in [1.54, 1.807) is 19.1 Å². The van der Waals surface area contributed by atoms with Gasteiger partial charge < -0.3 is 9.47 Å². The Kier molecular flexibility index (Phi) is 4.44. The lowest BCUT2D eigenvalue weighted by atomic mass is 9.47. The Balaban J connectivity index is 1.44. The first kappa shape index (κ1) is 20.4. The van der Waals surface area contributed by atoms with Crippen LogP contribution in [-0.2, 0) is 23.9 Å². The van der Waals surface area contributed by atoms with Crippen LogP contribution in [0.5, 0.6) is 0 Å². The SMILES string of the molecule is CCC(=O)OCC(=O)[C@H]1CC[C@H]2[C@@H]3C[C@H](Cl)C4=CC(=O)C=C[C@]4(C)[C@@]34O[C@H]4C[C@]12C. The minimum absolute atomic E-state index is 0.00558. The monoisotopic (exact) mass is 432 g/mol. The third-order valence-corrected chi connectivity index (χ3v) is 9.38. The summed E-state index contributed by atoms with van der Waals surface area (Å²) in [6.45, 7) is 5.98. The van der Waals surface area contributed by atoms with E-state index in [1.165, 1.54) is 0 Å². The molecule has 8 atom stereocenters. The molecule has 4 aliphatic carbocycles. The van der Waals surface area contributed by atoms with Crippen LogP contribution in [0.4, 0.5) is 0 Å². The molecule has 4 fully saturated rings. The lowest BCUT2D eigenvalue weighted by molar-refractivity contribution is -0.150. The molecule has 1 saturated heterocycles. The zero-order valence-electron chi connectivity index (χ0n) is 17.8.